The number of halogens is 1. The Morgan fingerprint density at radius 3 is 2.58 bits per heavy atom. The number of likely N-dealkylation sites (tertiary alicyclic amines) is 1. The van der Waals surface area contributed by atoms with Gasteiger partial charge in [-0.3, -0.25) is 4.90 Å². The van der Waals surface area contributed by atoms with Gasteiger partial charge in [-0.05, 0) is 37.5 Å². The number of ether oxygens (including phenoxy) is 1. The molecule has 2 unspecified atom stereocenters. The molecule has 1 fully saturated rings. The first-order chi connectivity index (χ1) is 9.11. The van der Waals surface area contributed by atoms with E-state index in [9.17, 15) is 0 Å². The van der Waals surface area contributed by atoms with Crippen molar-refractivity contribution in [2.75, 3.05) is 20.2 Å². The summed E-state index contributed by atoms with van der Waals surface area (Å²) in [6.45, 7) is 4.20. The van der Waals surface area contributed by atoms with Crippen molar-refractivity contribution in [2.24, 2.45) is 5.73 Å². The van der Waals surface area contributed by atoms with E-state index in [0.717, 1.165) is 30.4 Å². The van der Waals surface area contributed by atoms with Crippen molar-refractivity contribution >= 4 is 15.9 Å². The molecule has 3 nitrogen and oxygen atoms in total. The smallest absolute Gasteiger partial charge is 0.0595 e. The highest BCUT2D eigenvalue weighted by Crippen LogP contribution is 2.29. The van der Waals surface area contributed by atoms with Crippen LogP contribution in [-0.4, -0.2) is 37.2 Å². The van der Waals surface area contributed by atoms with Crippen molar-refractivity contribution < 1.29 is 4.74 Å². The van der Waals surface area contributed by atoms with Crippen LogP contribution in [0, 0.1) is 0 Å². The first-order valence-corrected chi connectivity index (χ1v) is 7.69. The highest BCUT2D eigenvalue weighted by Gasteiger charge is 2.28. The second-order valence-corrected chi connectivity index (χ2v) is 6.25. The maximum atomic E-state index is 6.23. The van der Waals surface area contributed by atoms with Gasteiger partial charge in [0, 0.05) is 36.8 Å². The zero-order valence-corrected chi connectivity index (χ0v) is 13.3. The number of rotatable bonds is 4. The predicted molar refractivity (Wildman–Crippen MR) is 82.1 cm³/mol. The Labute approximate surface area is 124 Å². The molecule has 0 spiro atoms. The third kappa shape index (κ3) is 3.78. The summed E-state index contributed by atoms with van der Waals surface area (Å²) in [5, 5.41) is 0. The van der Waals surface area contributed by atoms with Gasteiger partial charge in [0.15, 0.2) is 0 Å². The molecule has 1 aromatic rings. The number of hydrogen-bond donors (Lipinski definition) is 1. The zero-order valence-electron chi connectivity index (χ0n) is 11.7. The molecule has 2 N–H and O–H groups in total. The van der Waals surface area contributed by atoms with Crippen molar-refractivity contribution in [3.05, 3.63) is 34.3 Å². The third-order valence-electron chi connectivity index (χ3n) is 3.89. The Balaban J connectivity index is 2.13. The van der Waals surface area contributed by atoms with E-state index in [-0.39, 0.29) is 12.1 Å². The van der Waals surface area contributed by atoms with Gasteiger partial charge in [0.2, 0.25) is 0 Å². The lowest BCUT2D eigenvalue weighted by Gasteiger charge is -2.39. The van der Waals surface area contributed by atoms with E-state index in [1.807, 2.05) is 0 Å². The van der Waals surface area contributed by atoms with Crippen molar-refractivity contribution in [1.82, 2.24) is 4.90 Å². The lowest BCUT2D eigenvalue weighted by Crippen LogP contribution is -2.45. The molecular formula is C15H23BrN2O. The predicted octanol–water partition coefficient (Wildman–Crippen LogP) is 2.95. The van der Waals surface area contributed by atoms with Crippen LogP contribution in [0.15, 0.2) is 28.7 Å². The number of benzene rings is 1. The Morgan fingerprint density at radius 1 is 1.37 bits per heavy atom. The van der Waals surface area contributed by atoms with Gasteiger partial charge in [0.25, 0.3) is 0 Å². The average Bonchev–Trinajstić information content (AvgIpc) is 2.39. The van der Waals surface area contributed by atoms with Crippen LogP contribution in [0.25, 0.3) is 0 Å². The fourth-order valence-corrected chi connectivity index (χ4v) is 3.34. The Hall–Kier alpha value is -0.420. The number of piperidine rings is 1. The fourth-order valence-electron chi connectivity index (χ4n) is 2.93. The largest absolute Gasteiger partial charge is 0.381 e. The number of hydrogen-bond acceptors (Lipinski definition) is 3. The fraction of sp³-hybridized carbons (Fsp3) is 0.600. The molecule has 4 heteroatoms. The number of nitrogens with two attached hydrogens (primary N) is 1. The van der Waals surface area contributed by atoms with E-state index >= 15 is 0 Å². The minimum Gasteiger partial charge on any atom is -0.381 e. The Morgan fingerprint density at radius 2 is 2.05 bits per heavy atom. The Bertz CT molecular complexity index is 403. The quantitative estimate of drug-likeness (QED) is 0.924. The summed E-state index contributed by atoms with van der Waals surface area (Å²) in [6, 6.07) is 8.89. The normalized spacial score (nSPS) is 21.3. The number of methoxy groups -OCH3 is 1. The molecule has 0 aliphatic carbocycles. The molecule has 0 amide bonds. The first kappa shape index (κ1) is 15.0. The summed E-state index contributed by atoms with van der Waals surface area (Å²) in [7, 11) is 1.80. The molecular weight excluding hydrogens is 304 g/mol. The van der Waals surface area contributed by atoms with Gasteiger partial charge in [-0.25, -0.2) is 0 Å². The first-order valence-electron chi connectivity index (χ1n) is 6.89. The summed E-state index contributed by atoms with van der Waals surface area (Å²) in [5.41, 5.74) is 7.52. The van der Waals surface area contributed by atoms with E-state index in [1.165, 1.54) is 5.56 Å². The Kier molecular flexibility index (Phi) is 5.39. The van der Waals surface area contributed by atoms with Crippen LogP contribution in [0.3, 0.4) is 0 Å². The van der Waals surface area contributed by atoms with E-state index in [0.29, 0.717) is 6.10 Å². The standard InChI is InChI=1S/C15H23BrN2O/c1-11(17)15(12-4-3-5-13(16)10-12)18-8-6-14(19-2)7-9-18/h3-5,10-11,14-15H,6-9,17H2,1-2H3. The van der Waals surface area contributed by atoms with E-state index in [1.54, 1.807) is 7.11 Å². The molecule has 1 aromatic carbocycles. The van der Waals surface area contributed by atoms with Crippen LogP contribution in [0.1, 0.15) is 31.4 Å². The molecule has 2 atom stereocenters. The van der Waals surface area contributed by atoms with Crippen LogP contribution < -0.4 is 5.73 Å². The molecule has 0 saturated carbocycles. The van der Waals surface area contributed by atoms with Gasteiger partial charge in [0.05, 0.1) is 6.10 Å². The van der Waals surface area contributed by atoms with Gasteiger partial charge >= 0.3 is 0 Å². The highest BCUT2D eigenvalue weighted by molar-refractivity contribution is 9.10. The maximum absolute atomic E-state index is 6.23. The molecule has 0 bridgehead atoms. The molecule has 1 heterocycles. The number of nitrogens with zero attached hydrogens (tertiary/aromatic N) is 1. The lowest BCUT2D eigenvalue weighted by molar-refractivity contribution is 0.0234. The minimum atomic E-state index is 0.119. The van der Waals surface area contributed by atoms with Crippen LogP contribution in [0.4, 0.5) is 0 Å². The monoisotopic (exact) mass is 326 g/mol. The summed E-state index contributed by atoms with van der Waals surface area (Å²) in [4.78, 5) is 2.49. The molecule has 1 aliphatic rings. The van der Waals surface area contributed by atoms with Gasteiger partial charge in [0.1, 0.15) is 0 Å². The maximum Gasteiger partial charge on any atom is 0.0595 e. The van der Waals surface area contributed by atoms with Gasteiger partial charge < -0.3 is 10.5 Å². The van der Waals surface area contributed by atoms with Crippen molar-refractivity contribution in [2.45, 2.75) is 38.0 Å². The summed E-state index contributed by atoms with van der Waals surface area (Å²) in [5.74, 6) is 0. The average molecular weight is 327 g/mol. The third-order valence-corrected chi connectivity index (χ3v) is 4.38. The highest BCUT2D eigenvalue weighted by atomic mass is 79.9. The zero-order chi connectivity index (χ0) is 13.8. The minimum absolute atomic E-state index is 0.119. The van der Waals surface area contributed by atoms with Crippen LogP contribution in [0.2, 0.25) is 0 Å². The molecule has 1 aliphatic heterocycles. The summed E-state index contributed by atoms with van der Waals surface area (Å²) in [6.07, 6.45) is 2.59. The summed E-state index contributed by atoms with van der Waals surface area (Å²) >= 11 is 3.55. The molecule has 0 radical (unpaired) electrons. The lowest BCUT2D eigenvalue weighted by atomic mass is 9.96. The van der Waals surface area contributed by atoms with Crippen LogP contribution >= 0.6 is 15.9 Å². The second kappa shape index (κ2) is 6.84. The summed E-state index contributed by atoms with van der Waals surface area (Å²) < 4.78 is 6.55. The van der Waals surface area contributed by atoms with E-state index in [4.69, 9.17) is 10.5 Å². The van der Waals surface area contributed by atoms with Gasteiger partial charge in [-0.1, -0.05) is 28.1 Å². The van der Waals surface area contributed by atoms with Crippen molar-refractivity contribution in [1.29, 1.82) is 0 Å². The van der Waals surface area contributed by atoms with Crippen molar-refractivity contribution in [3.63, 3.8) is 0 Å². The van der Waals surface area contributed by atoms with Crippen molar-refractivity contribution in [3.8, 4) is 0 Å². The molecule has 1 saturated heterocycles. The topological polar surface area (TPSA) is 38.5 Å². The van der Waals surface area contributed by atoms with E-state index < -0.39 is 0 Å². The molecule has 106 valence electrons. The SMILES string of the molecule is COC1CCN(C(c2cccc(Br)c2)C(C)N)CC1. The molecule has 0 aromatic heterocycles. The molecule has 2 rings (SSSR count). The van der Waals surface area contributed by atoms with Gasteiger partial charge in [-0.2, -0.15) is 0 Å². The van der Waals surface area contributed by atoms with Gasteiger partial charge in [-0.15, -0.1) is 0 Å². The van der Waals surface area contributed by atoms with Crippen LogP contribution in [-0.2, 0) is 4.74 Å². The molecule has 19 heavy (non-hydrogen) atoms. The van der Waals surface area contributed by atoms with E-state index in [2.05, 4.69) is 52.0 Å². The second-order valence-electron chi connectivity index (χ2n) is 5.33. The van der Waals surface area contributed by atoms with Crippen LogP contribution in [0.5, 0.6) is 0 Å².